The molecule has 0 radical (unpaired) electrons. The van der Waals surface area contributed by atoms with Gasteiger partial charge >= 0.3 is 0 Å². The maximum absolute atomic E-state index is 5.54. The normalized spacial score (nSPS) is 10.0. The van der Waals surface area contributed by atoms with Gasteiger partial charge in [0.15, 0.2) is 6.00 Å². The van der Waals surface area contributed by atoms with E-state index in [0.29, 0.717) is 6.00 Å². The quantitative estimate of drug-likeness (QED) is 0.469. The molecule has 0 atom stereocenters. The fraction of sp³-hybridized carbons (Fsp3) is 0.400. The van der Waals surface area contributed by atoms with Crippen LogP contribution in [0.1, 0.15) is 0 Å². The lowest BCUT2D eigenvalue weighted by Crippen LogP contribution is -2.27. The molecule has 0 aliphatic carbocycles. The zero-order valence-corrected chi connectivity index (χ0v) is 6.69. The number of hydrogen-bond acceptors (Lipinski definition) is 1. The van der Waals surface area contributed by atoms with E-state index in [2.05, 4.69) is 0 Å². The van der Waals surface area contributed by atoms with Crippen molar-refractivity contribution < 1.29 is 4.57 Å². The first-order valence-electron chi connectivity index (χ1n) is 2.54. The lowest BCUT2D eigenvalue weighted by Gasteiger charge is -1.81. The second-order valence-electron chi connectivity index (χ2n) is 1.59. The van der Waals surface area contributed by atoms with Crippen LogP contribution in [0.2, 0.25) is 0 Å². The third-order valence-electron chi connectivity index (χ3n) is 1.02. The molecule has 0 bridgehead atoms. The Hall–Kier alpha value is -0.150. The summed E-state index contributed by atoms with van der Waals surface area (Å²) in [6, 6.07) is 0.521. The minimum Gasteiger partial charge on any atom is -0.222 e. The van der Waals surface area contributed by atoms with Crippen molar-refractivity contribution in [2.75, 3.05) is 6.26 Å². The lowest BCUT2D eigenvalue weighted by atomic mass is 10.9. The average molecular weight is 164 g/mol. The molecule has 0 N–H and O–H groups in total. The van der Waals surface area contributed by atoms with E-state index in [0.717, 1.165) is 0 Å². The number of rotatable bonds is 2. The minimum absolute atomic E-state index is 0.521. The molecule has 1 heterocycles. The Balaban J connectivity index is 2.74. The van der Waals surface area contributed by atoms with E-state index in [4.69, 9.17) is 11.6 Å². The maximum Gasteiger partial charge on any atom is 0.256 e. The first kappa shape index (κ1) is 6.96. The maximum atomic E-state index is 5.54. The van der Waals surface area contributed by atoms with Crippen molar-refractivity contribution in [3.63, 3.8) is 0 Å². The molecule has 0 aromatic carbocycles. The summed E-state index contributed by atoms with van der Waals surface area (Å²) >= 11 is 7.18. The zero-order valence-electron chi connectivity index (χ0n) is 5.12. The molecule has 0 aliphatic heterocycles. The van der Waals surface area contributed by atoms with Crippen LogP contribution < -0.4 is 4.57 Å². The third kappa shape index (κ3) is 1.63. The van der Waals surface area contributed by atoms with Gasteiger partial charge in [-0.05, 0) is 0 Å². The average Bonchev–Trinajstić information content (AvgIpc) is 2.34. The van der Waals surface area contributed by atoms with Crippen LogP contribution >= 0.6 is 23.5 Å². The molecular weight excluding hydrogens is 156 g/mol. The molecule has 0 fully saturated rings. The zero-order chi connectivity index (χ0) is 6.69. The summed E-state index contributed by atoms with van der Waals surface area (Å²) in [4.78, 5) is 0. The Morgan fingerprint density at radius 2 is 2.56 bits per heavy atom. The van der Waals surface area contributed by atoms with Gasteiger partial charge in [-0.15, -0.1) is 0 Å². The fourth-order valence-electron chi connectivity index (χ4n) is 0.553. The van der Waals surface area contributed by atoms with Gasteiger partial charge in [0.2, 0.25) is 0 Å². The first-order valence-corrected chi connectivity index (χ1v) is 4.26. The molecule has 0 saturated carbocycles. The van der Waals surface area contributed by atoms with E-state index in [1.807, 2.05) is 33.5 Å². The molecule has 9 heavy (non-hydrogen) atoms. The predicted molar refractivity (Wildman–Crippen MR) is 39.4 cm³/mol. The molecule has 0 aliphatic rings. The fourth-order valence-corrected chi connectivity index (χ4v) is 1.09. The summed E-state index contributed by atoms with van der Waals surface area (Å²) in [6.07, 6.45) is 7.85. The van der Waals surface area contributed by atoms with Crippen LogP contribution in [0.25, 0.3) is 0 Å². The van der Waals surface area contributed by atoms with Gasteiger partial charge in [0, 0.05) is 6.26 Å². The number of aromatic nitrogens is 2. The second kappa shape index (κ2) is 3.13. The van der Waals surface area contributed by atoms with Gasteiger partial charge in [-0.2, -0.15) is 3.97 Å². The molecule has 4 heteroatoms. The molecular formula is C5H8ClN2S+. The van der Waals surface area contributed by atoms with Gasteiger partial charge in [0.1, 0.15) is 12.4 Å². The predicted octanol–water partition coefficient (Wildman–Crippen LogP) is 1.10. The van der Waals surface area contributed by atoms with E-state index >= 15 is 0 Å². The Kier molecular flexibility index (Phi) is 2.42. The SMILES string of the molecule is CSn1cc[n+](CCl)c1. The molecule has 1 rings (SSSR count). The topological polar surface area (TPSA) is 8.81 Å². The van der Waals surface area contributed by atoms with Crippen molar-refractivity contribution >= 4 is 23.5 Å². The monoisotopic (exact) mass is 163 g/mol. The molecule has 1 aromatic rings. The highest BCUT2D eigenvalue weighted by Gasteiger charge is 1.98. The van der Waals surface area contributed by atoms with E-state index in [1.165, 1.54) is 0 Å². The molecule has 2 nitrogen and oxygen atoms in total. The van der Waals surface area contributed by atoms with Crippen LogP contribution in [0.4, 0.5) is 0 Å². The van der Waals surface area contributed by atoms with Gasteiger partial charge in [0.05, 0.1) is 11.9 Å². The van der Waals surface area contributed by atoms with Crippen LogP contribution in [-0.2, 0) is 6.00 Å². The Morgan fingerprint density at radius 1 is 1.78 bits per heavy atom. The van der Waals surface area contributed by atoms with Crippen LogP contribution in [-0.4, -0.2) is 10.2 Å². The summed E-state index contributed by atoms with van der Waals surface area (Å²) in [5, 5.41) is 0. The summed E-state index contributed by atoms with van der Waals surface area (Å²) in [7, 11) is 0. The van der Waals surface area contributed by atoms with E-state index < -0.39 is 0 Å². The van der Waals surface area contributed by atoms with E-state index in [-0.39, 0.29) is 0 Å². The molecule has 0 spiro atoms. The van der Waals surface area contributed by atoms with Crippen molar-refractivity contribution in [2.45, 2.75) is 6.00 Å². The van der Waals surface area contributed by atoms with Crippen LogP contribution in [0.3, 0.4) is 0 Å². The van der Waals surface area contributed by atoms with Crippen molar-refractivity contribution in [1.29, 1.82) is 0 Å². The number of nitrogens with zero attached hydrogens (tertiary/aromatic N) is 2. The minimum atomic E-state index is 0.521. The Labute approximate surface area is 63.6 Å². The van der Waals surface area contributed by atoms with Gasteiger partial charge < -0.3 is 0 Å². The summed E-state index contributed by atoms with van der Waals surface area (Å²) in [5.74, 6) is 0. The summed E-state index contributed by atoms with van der Waals surface area (Å²) < 4.78 is 3.89. The highest BCUT2D eigenvalue weighted by Crippen LogP contribution is 1.96. The van der Waals surface area contributed by atoms with E-state index in [1.54, 1.807) is 11.9 Å². The van der Waals surface area contributed by atoms with Crippen LogP contribution in [0, 0.1) is 0 Å². The van der Waals surface area contributed by atoms with Crippen LogP contribution in [0.5, 0.6) is 0 Å². The Morgan fingerprint density at radius 3 is 2.89 bits per heavy atom. The second-order valence-corrected chi connectivity index (χ2v) is 2.62. The first-order chi connectivity index (χ1) is 4.36. The van der Waals surface area contributed by atoms with Crippen molar-refractivity contribution in [2.24, 2.45) is 0 Å². The summed E-state index contributed by atoms with van der Waals surface area (Å²) in [6.45, 7) is 0. The highest BCUT2D eigenvalue weighted by atomic mass is 35.5. The standard InChI is InChI=1S/C5H8ClN2S/c1-9-8-3-2-7(4-6)5-8/h2-3,5H,4H2,1H3/q+1. The number of imidazole rings is 1. The van der Waals surface area contributed by atoms with Gasteiger partial charge in [-0.1, -0.05) is 11.6 Å². The van der Waals surface area contributed by atoms with Crippen molar-refractivity contribution in [3.8, 4) is 0 Å². The highest BCUT2D eigenvalue weighted by molar-refractivity contribution is 7.97. The molecule has 0 saturated heterocycles. The number of alkyl halides is 1. The van der Waals surface area contributed by atoms with Crippen LogP contribution in [0.15, 0.2) is 18.7 Å². The van der Waals surface area contributed by atoms with Gasteiger partial charge in [-0.3, -0.25) is 0 Å². The van der Waals surface area contributed by atoms with Crippen molar-refractivity contribution in [1.82, 2.24) is 3.97 Å². The molecule has 50 valence electrons. The third-order valence-corrected chi connectivity index (χ3v) is 1.93. The molecule has 0 unspecified atom stereocenters. The van der Waals surface area contributed by atoms with Gasteiger partial charge in [-0.25, -0.2) is 4.57 Å². The molecule has 1 aromatic heterocycles. The molecule has 0 amide bonds. The van der Waals surface area contributed by atoms with Gasteiger partial charge in [0.25, 0.3) is 6.33 Å². The largest absolute Gasteiger partial charge is 0.256 e. The van der Waals surface area contributed by atoms with E-state index in [9.17, 15) is 0 Å². The summed E-state index contributed by atoms with van der Waals surface area (Å²) in [5.41, 5.74) is 0. The number of hydrogen-bond donors (Lipinski definition) is 0. The Bertz CT molecular complexity index is 168. The lowest BCUT2D eigenvalue weighted by molar-refractivity contribution is -0.677. The number of halogens is 1. The van der Waals surface area contributed by atoms with Crippen molar-refractivity contribution in [3.05, 3.63) is 18.7 Å². The smallest absolute Gasteiger partial charge is 0.222 e.